The predicted octanol–water partition coefficient (Wildman–Crippen LogP) is 3.28. The number of benzene rings is 1. The Morgan fingerprint density at radius 1 is 1.37 bits per heavy atom. The van der Waals surface area contributed by atoms with Crippen LogP contribution in [0.5, 0.6) is 0 Å². The molecule has 1 heterocycles. The number of hydrogen-bond donors (Lipinski definition) is 1. The first-order valence-electron chi connectivity index (χ1n) is 6.52. The third-order valence-electron chi connectivity index (χ3n) is 3.65. The van der Waals surface area contributed by atoms with E-state index < -0.39 is 0 Å². The molecule has 0 aliphatic carbocycles. The Balaban J connectivity index is 2.12. The summed E-state index contributed by atoms with van der Waals surface area (Å²) in [5.41, 5.74) is 3.69. The van der Waals surface area contributed by atoms with Crippen LogP contribution in [0.15, 0.2) is 30.5 Å². The number of nitrogens with zero attached hydrogens (tertiary/aromatic N) is 2. The summed E-state index contributed by atoms with van der Waals surface area (Å²) >= 11 is 6.20. The van der Waals surface area contributed by atoms with Gasteiger partial charge in [-0.25, -0.2) is 0 Å². The van der Waals surface area contributed by atoms with Gasteiger partial charge in [0.1, 0.15) is 0 Å². The van der Waals surface area contributed by atoms with Crippen LogP contribution in [0.25, 0.3) is 0 Å². The zero-order chi connectivity index (χ0) is 13.8. The molecule has 0 amide bonds. The molecule has 0 aliphatic heterocycles. The van der Waals surface area contributed by atoms with Crippen LogP contribution in [0.2, 0.25) is 5.02 Å². The molecule has 2 aromatic rings. The van der Waals surface area contributed by atoms with Crippen LogP contribution in [0.3, 0.4) is 0 Å². The molecule has 0 fully saturated rings. The molecule has 3 nitrogen and oxygen atoms in total. The largest absolute Gasteiger partial charge is 0.313 e. The van der Waals surface area contributed by atoms with Crippen LogP contribution in [0.4, 0.5) is 0 Å². The standard InChI is InChI=1S/C15H20ClN3/c1-11-13(5-4-6-14(11)16)15(17-2)8-7-12-9-10-18-19(12)3/h4-6,9-10,15,17H,7-8H2,1-3H3. The van der Waals surface area contributed by atoms with E-state index in [2.05, 4.69) is 29.5 Å². The van der Waals surface area contributed by atoms with Gasteiger partial charge < -0.3 is 5.32 Å². The first kappa shape index (κ1) is 14.1. The second kappa shape index (κ2) is 6.22. The normalized spacial score (nSPS) is 12.6. The average molecular weight is 278 g/mol. The highest BCUT2D eigenvalue weighted by molar-refractivity contribution is 6.31. The summed E-state index contributed by atoms with van der Waals surface area (Å²) in [5.74, 6) is 0. The molecule has 2 rings (SSSR count). The first-order valence-corrected chi connectivity index (χ1v) is 6.90. The lowest BCUT2D eigenvalue weighted by atomic mass is 9.97. The van der Waals surface area contributed by atoms with E-state index in [1.807, 2.05) is 37.1 Å². The number of aromatic nitrogens is 2. The molecule has 1 unspecified atom stereocenters. The van der Waals surface area contributed by atoms with Crippen LogP contribution in [-0.4, -0.2) is 16.8 Å². The summed E-state index contributed by atoms with van der Waals surface area (Å²) in [6.45, 7) is 2.08. The van der Waals surface area contributed by atoms with E-state index in [-0.39, 0.29) is 0 Å². The van der Waals surface area contributed by atoms with E-state index in [1.54, 1.807) is 0 Å². The number of nitrogens with one attached hydrogen (secondary N) is 1. The maximum atomic E-state index is 6.20. The van der Waals surface area contributed by atoms with E-state index in [4.69, 9.17) is 11.6 Å². The molecule has 102 valence electrons. The van der Waals surface area contributed by atoms with Crippen LogP contribution >= 0.6 is 11.6 Å². The molecule has 1 aromatic carbocycles. The zero-order valence-electron chi connectivity index (χ0n) is 11.7. The molecule has 0 bridgehead atoms. The second-order valence-corrected chi connectivity index (χ2v) is 5.19. The van der Waals surface area contributed by atoms with Crippen LogP contribution in [0.1, 0.15) is 29.3 Å². The molecule has 1 aromatic heterocycles. The van der Waals surface area contributed by atoms with Crippen molar-refractivity contribution < 1.29 is 0 Å². The second-order valence-electron chi connectivity index (χ2n) is 4.78. The van der Waals surface area contributed by atoms with Crippen molar-refractivity contribution in [3.63, 3.8) is 0 Å². The van der Waals surface area contributed by atoms with Gasteiger partial charge in [0.15, 0.2) is 0 Å². The first-order chi connectivity index (χ1) is 9.13. The lowest BCUT2D eigenvalue weighted by Crippen LogP contribution is -2.18. The number of rotatable bonds is 5. The lowest BCUT2D eigenvalue weighted by molar-refractivity contribution is 0.533. The number of hydrogen-bond acceptors (Lipinski definition) is 2. The Labute approximate surface area is 119 Å². The van der Waals surface area contributed by atoms with Gasteiger partial charge in [-0.05, 0) is 50.1 Å². The summed E-state index contributed by atoms with van der Waals surface area (Å²) in [7, 11) is 3.97. The Kier molecular flexibility index (Phi) is 4.61. The molecule has 0 saturated heterocycles. The number of aryl methyl sites for hydroxylation is 2. The summed E-state index contributed by atoms with van der Waals surface area (Å²) in [6, 6.07) is 8.48. The van der Waals surface area contributed by atoms with Gasteiger partial charge in [0, 0.05) is 30.0 Å². The van der Waals surface area contributed by atoms with Crippen molar-refractivity contribution in [2.45, 2.75) is 25.8 Å². The highest BCUT2D eigenvalue weighted by atomic mass is 35.5. The molecule has 0 aliphatic rings. The fraction of sp³-hybridized carbons (Fsp3) is 0.400. The molecular weight excluding hydrogens is 258 g/mol. The zero-order valence-corrected chi connectivity index (χ0v) is 12.4. The van der Waals surface area contributed by atoms with Gasteiger partial charge in [-0.15, -0.1) is 0 Å². The van der Waals surface area contributed by atoms with E-state index >= 15 is 0 Å². The summed E-state index contributed by atoms with van der Waals surface area (Å²) in [4.78, 5) is 0. The van der Waals surface area contributed by atoms with Crippen LogP contribution in [0, 0.1) is 6.92 Å². The van der Waals surface area contributed by atoms with E-state index in [0.717, 1.165) is 23.4 Å². The van der Waals surface area contributed by atoms with E-state index in [0.29, 0.717) is 6.04 Å². The van der Waals surface area contributed by atoms with E-state index in [1.165, 1.54) is 11.3 Å². The van der Waals surface area contributed by atoms with Gasteiger partial charge in [-0.1, -0.05) is 23.7 Å². The van der Waals surface area contributed by atoms with Crippen molar-refractivity contribution in [1.82, 2.24) is 15.1 Å². The van der Waals surface area contributed by atoms with Gasteiger partial charge in [0.05, 0.1) is 0 Å². The minimum Gasteiger partial charge on any atom is -0.313 e. The molecule has 0 radical (unpaired) electrons. The third kappa shape index (κ3) is 3.17. The fourth-order valence-corrected chi connectivity index (χ4v) is 2.58. The van der Waals surface area contributed by atoms with Crippen LogP contribution < -0.4 is 5.32 Å². The summed E-state index contributed by atoms with van der Waals surface area (Å²) < 4.78 is 1.93. The smallest absolute Gasteiger partial charge is 0.0492 e. The Morgan fingerprint density at radius 2 is 2.16 bits per heavy atom. The fourth-order valence-electron chi connectivity index (χ4n) is 2.40. The van der Waals surface area contributed by atoms with E-state index in [9.17, 15) is 0 Å². The van der Waals surface area contributed by atoms with Crippen molar-refractivity contribution in [2.24, 2.45) is 7.05 Å². The van der Waals surface area contributed by atoms with Crippen molar-refractivity contribution in [1.29, 1.82) is 0 Å². The molecular formula is C15H20ClN3. The van der Waals surface area contributed by atoms with Gasteiger partial charge in [-0.3, -0.25) is 4.68 Å². The highest BCUT2D eigenvalue weighted by Crippen LogP contribution is 2.26. The Bertz CT molecular complexity index is 548. The molecule has 0 saturated carbocycles. The van der Waals surface area contributed by atoms with Crippen molar-refractivity contribution in [3.8, 4) is 0 Å². The Hall–Kier alpha value is -1.32. The summed E-state index contributed by atoms with van der Waals surface area (Å²) in [6.07, 6.45) is 3.86. The van der Waals surface area contributed by atoms with Gasteiger partial charge >= 0.3 is 0 Å². The molecule has 1 atom stereocenters. The minimum absolute atomic E-state index is 0.314. The lowest BCUT2D eigenvalue weighted by Gasteiger charge is -2.19. The van der Waals surface area contributed by atoms with Gasteiger partial charge in [0.25, 0.3) is 0 Å². The van der Waals surface area contributed by atoms with Crippen molar-refractivity contribution >= 4 is 11.6 Å². The van der Waals surface area contributed by atoms with Gasteiger partial charge in [-0.2, -0.15) is 5.10 Å². The molecule has 0 spiro atoms. The molecule has 19 heavy (non-hydrogen) atoms. The maximum absolute atomic E-state index is 6.20. The summed E-state index contributed by atoms with van der Waals surface area (Å²) in [5, 5.41) is 8.41. The average Bonchev–Trinajstić information content (AvgIpc) is 2.80. The molecule has 1 N–H and O–H groups in total. The van der Waals surface area contributed by atoms with Crippen molar-refractivity contribution in [3.05, 3.63) is 52.3 Å². The SMILES string of the molecule is CNC(CCc1ccnn1C)c1cccc(Cl)c1C. The minimum atomic E-state index is 0.314. The topological polar surface area (TPSA) is 29.9 Å². The molecule has 4 heteroatoms. The van der Waals surface area contributed by atoms with Gasteiger partial charge in [0.2, 0.25) is 0 Å². The Morgan fingerprint density at radius 3 is 2.79 bits per heavy atom. The highest BCUT2D eigenvalue weighted by Gasteiger charge is 2.14. The number of halogens is 1. The van der Waals surface area contributed by atoms with Crippen LogP contribution in [-0.2, 0) is 13.5 Å². The predicted molar refractivity (Wildman–Crippen MR) is 79.5 cm³/mol. The monoisotopic (exact) mass is 277 g/mol. The van der Waals surface area contributed by atoms with Crippen molar-refractivity contribution in [2.75, 3.05) is 7.05 Å². The quantitative estimate of drug-likeness (QED) is 0.909. The third-order valence-corrected chi connectivity index (χ3v) is 4.05. The maximum Gasteiger partial charge on any atom is 0.0492 e.